The zero-order valence-corrected chi connectivity index (χ0v) is 24.5. The molecule has 1 saturated carbocycles. The summed E-state index contributed by atoms with van der Waals surface area (Å²) in [6, 6.07) is 18.4. The van der Waals surface area contributed by atoms with Crippen LogP contribution in [0.2, 0.25) is 0 Å². The van der Waals surface area contributed by atoms with Crippen molar-refractivity contribution in [1.29, 1.82) is 0 Å². The summed E-state index contributed by atoms with van der Waals surface area (Å²) >= 11 is 0. The van der Waals surface area contributed by atoms with Gasteiger partial charge in [-0.15, -0.1) is 0 Å². The van der Waals surface area contributed by atoms with Crippen molar-refractivity contribution < 1.29 is 32.6 Å². The molecule has 9 heteroatoms. The average Bonchev–Trinajstić information content (AvgIpc) is 3.61. The van der Waals surface area contributed by atoms with E-state index >= 15 is 8.78 Å². The molecule has 0 unspecified atom stereocenters. The molecular formula is C34H36F2N2O5. The predicted molar refractivity (Wildman–Crippen MR) is 157 cm³/mol. The molecule has 1 aliphatic carbocycles. The molecule has 1 heterocycles. The van der Waals surface area contributed by atoms with Gasteiger partial charge >= 0.3 is 6.09 Å². The van der Waals surface area contributed by atoms with Gasteiger partial charge in [0, 0.05) is 17.2 Å². The van der Waals surface area contributed by atoms with Crippen LogP contribution in [0.15, 0.2) is 77.4 Å². The normalized spacial score (nSPS) is 18.4. The Balaban J connectivity index is 1.44. The van der Waals surface area contributed by atoms with Gasteiger partial charge in [-0.2, -0.15) is 0 Å². The third-order valence-electron chi connectivity index (χ3n) is 7.55. The lowest BCUT2D eigenvalue weighted by molar-refractivity contribution is 0.0503. The summed E-state index contributed by atoms with van der Waals surface area (Å²) in [6.45, 7) is 5.26. The van der Waals surface area contributed by atoms with Crippen LogP contribution in [-0.2, 0) is 29.8 Å². The molecule has 0 radical (unpaired) electrons. The minimum Gasteiger partial charge on any atom is -0.485 e. The molecule has 1 aliphatic rings. The number of hydrogen-bond acceptors (Lipinski definition) is 6. The highest BCUT2D eigenvalue weighted by Gasteiger charge is 2.45. The summed E-state index contributed by atoms with van der Waals surface area (Å²) in [5.74, 6) is -0.686. The Bertz CT molecular complexity index is 1570. The number of aromatic nitrogens is 1. The topological polar surface area (TPSA) is 93.8 Å². The third-order valence-corrected chi connectivity index (χ3v) is 7.55. The van der Waals surface area contributed by atoms with E-state index in [1.54, 1.807) is 39.0 Å². The summed E-state index contributed by atoms with van der Waals surface area (Å²) in [5, 5.41) is 12.6. The van der Waals surface area contributed by atoms with E-state index in [0.717, 1.165) is 11.1 Å². The Morgan fingerprint density at radius 2 is 1.84 bits per heavy atom. The number of carbonyl (C=O) groups excluding carboxylic acids is 1. The SMILES string of the molecule is CC(C)(C)OC(=O)N[C@H]1CC[C@](Cc2ccc(F)c(-c3cccc(F)c3OCc3ccccc3)c2)(c2nc(CO)co2)C1. The molecule has 3 aromatic carbocycles. The van der Waals surface area contributed by atoms with E-state index < -0.39 is 28.7 Å². The van der Waals surface area contributed by atoms with Crippen LogP contribution < -0.4 is 10.1 Å². The van der Waals surface area contributed by atoms with Gasteiger partial charge in [0.05, 0.1) is 12.0 Å². The molecule has 1 aromatic heterocycles. The first-order chi connectivity index (χ1) is 20.5. The Kier molecular flexibility index (Phi) is 8.82. The molecule has 2 N–H and O–H groups in total. The molecule has 43 heavy (non-hydrogen) atoms. The zero-order valence-electron chi connectivity index (χ0n) is 24.5. The number of amides is 1. The molecule has 4 aromatic rings. The summed E-state index contributed by atoms with van der Waals surface area (Å²) < 4.78 is 47.6. The lowest BCUT2D eigenvalue weighted by Gasteiger charge is -2.27. The first-order valence-electron chi connectivity index (χ1n) is 14.3. The quantitative estimate of drug-likeness (QED) is 0.213. The number of aliphatic hydroxyl groups excluding tert-OH is 1. The molecule has 0 saturated heterocycles. The number of oxazole rings is 1. The molecule has 1 amide bonds. The number of rotatable bonds is 9. The second-order valence-corrected chi connectivity index (χ2v) is 12.1. The highest BCUT2D eigenvalue weighted by molar-refractivity contribution is 5.72. The monoisotopic (exact) mass is 590 g/mol. The zero-order chi connectivity index (χ0) is 30.6. The van der Waals surface area contributed by atoms with E-state index in [2.05, 4.69) is 10.3 Å². The van der Waals surface area contributed by atoms with Crippen molar-refractivity contribution in [2.24, 2.45) is 0 Å². The van der Waals surface area contributed by atoms with Crippen LogP contribution in [0, 0.1) is 11.6 Å². The average molecular weight is 591 g/mol. The molecule has 0 bridgehead atoms. The Labute approximate surface area is 249 Å². The Hall–Kier alpha value is -4.24. The van der Waals surface area contributed by atoms with Crippen molar-refractivity contribution in [3.63, 3.8) is 0 Å². The van der Waals surface area contributed by atoms with Gasteiger partial charge in [-0.3, -0.25) is 0 Å². The van der Waals surface area contributed by atoms with E-state index in [-0.39, 0.29) is 30.6 Å². The highest BCUT2D eigenvalue weighted by Crippen LogP contribution is 2.44. The van der Waals surface area contributed by atoms with Gasteiger partial charge < -0.3 is 24.3 Å². The molecule has 5 rings (SSSR count). The molecule has 1 fully saturated rings. The van der Waals surface area contributed by atoms with Crippen molar-refractivity contribution >= 4 is 6.09 Å². The second kappa shape index (κ2) is 12.6. The van der Waals surface area contributed by atoms with Gasteiger partial charge in [-0.05, 0) is 75.8 Å². The van der Waals surface area contributed by atoms with E-state index in [0.29, 0.717) is 42.8 Å². The van der Waals surface area contributed by atoms with Gasteiger partial charge in [-0.25, -0.2) is 18.6 Å². The Morgan fingerprint density at radius 3 is 2.56 bits per heavy atom. The van der Waals surface area contributed by atoms with Gasteiger partial charge in [0.25, 0.3) is 0 Å². The Morgan fingerprint density at radius 1 is 1.05 bits per heavy atom. The number of nitrogens with one attached hydrogen (secondary N) is 1. The number of halogens is 2. The van der Waals surface area contributed by atoms with E-state index in [1.165, 1.54) is 24.5 Å². The van der Waals surface area contributed by atoms with Crippen molar-refractivity contribution in [3.05, 3.63) is 107 Å². The summed E-state index contributed by atoms with van der Waals surface area (Å²) in [6.07, 6.45) is 3.09. The maximum absolute atomic E-state index is 15.4. The van der Waals surface area contributed by atoms with E-state index in [1.807, 2.05) is 30.3 Å². The van der Waals surface area contributed by atoms with Crippen molar-refractivity contribution in [1.82, 2.24) is 10.3 Å². The third kappa shape index (κ3) is 7.22. The van der Waals surface area contributed by atoms with Crippen LogP contribution in [0.25, 0.3) is 11.1 Å². The molecule has 0 spiro atoms. The molecule has 2 atom stereocenters. The van der Waals surface area contributed by atoms with Gasteiger partial charge in [-0.1, -0.05) is 48.5 Å². The standard InChI is InChI=1S/C34H36F2N2O5/c1-33(2,3)43-32(40)38-24-14-15-34(18-24,31-37-25(19-39)21-42-31)17-23-12-13-28(35)27(16-23)26-10-7-11-29(36)30(26)41-20-22-8-5-4-6-9-22/h4-13,16,21,24,39H,14-15,17-20H2,1-3H3,(H,38,40)/t24-,34+/m0/s1. The summed E-state index contributed by atoms with van der Waals surface area (Å²) in [5.41, 5.74) is 1.27. The lowest BCUT2D eigenvalue weighted by Crippen LogP contribution is -2.39. The van der Waals surface area contributed by atoms with Crippen LogP contribution in [0.3, 0.4) is 0 Å². The van der Waals surface area contributed by atoms with Crippen LogP contribution in [0.1, 0.15) is 62.7 Å². The first-order valence-corrected chi connectivity index (χ1v) is 14.3. The second-order valence-electron chi connectivity index (χ2n) is 12.1. The number of aliphatic hydroxyl groups is 1. The lowest BCUT2D eigenvalue weighted by atomic mass is 9.79. The van der Waals surface area contributed by atoms with Crippen LogP contribution in [0.4, 0.5) is 13.6 Å². The minimum atomic E-state index is -0.642. The highest BCUT2D eigenvalue weighted by atomic mass is 19.1. The van der Waals surface area contributed by atoms with E-state index in [4.69, 9.17) is 13.9 Å². The maximum atomic E-state index is 15.4. The van der Waals surface area contributed by atoms with E-state index in [9.17, 15) is 9.90 Å². The number of benzene rings is 3. The van der Waals surface area contributed by atoms with Crippen molar-refractivity contribution in [2.45, 2.75) is 76.7 Å². The van der Waals surface area contributed by atoms with Gasteiger partial charge in [0.1, 0.15) is 30.0 Å². The van der Waals surface area contributed by atoms with Crippen LogP contribution in [0.5, 0.6) is 5.75 Å². The van der Waals surface area contributed by atoms with Gasteiger partial charge in [0.15, 0.2) is 11.6 Å². The molecule has 7 nitrogen and oxygen atoms in total. The molecule has 0 aliphatic heterocycles. The van der Waals surface area contributed by atoms with Crippen molar-refractivity contribution in [3.8, 4) is 16.9 Å². The van der Waals surface area contributed by atoms with Crippen molar-refractivity contribution in [2.75, 3.05) is 0 Å². The summed E-state index contributed by atoms with van der Waals surface area (Å²) in [4.78, 5) is 17.0. The number of alkyl carbamates (subject to hydrolysis) is 1. The first kappa shape index (κ1) is 30.2. The molecule has 226 valence electrons. The maximum Gasteiger partial charge on any atom is 0.407 e. The van der Waals surface area contributed by atoms with Crippen LogP contribution in [-0.4, -0.2) is 27.8 Å². The fraction of sp³-hybridized carbons (Fsp3) is 0.353. The number of para-hydroxylation sites is 1. The summed E-state index contributed by atoms with van der Waals surface area (Å²) in [7, 11) is 0. The smallest absolute Gasteiger partial charge is 0.407 e. The minimum absolute atomic E-state index is 0.0279. The molecular weight excluding hydrogens is 554 g/mol. The number of nitrogens with zero attached hydrogens (tertiary/aromatic N) is 1. The predicted octanol–water partition coefficient (Wildman–Crippen LogP) is 7.25. The van der Waals surface area contributed by atoms with Gasteiger partial charge in [0.2, 0.25) is 5.89 Å². The fourth-order valence-electron chi connectivity index (χ4n) is 5.65. The largest absolute Gasteiger partial charge is 0.485 e. The fourth-order valence-corrected chi connectivity index (χ4v) is 5.65. The number of ether oxygens (including phenoxy) is 2. The number of hydrogen-bond donors (Lipinski definition) is 2. The van der Waals surface area contributed by atoms with Crippen LogP contribution >= 0.6 is 0 Å². The number of carbonyl (C=O) groups is 1.